The minimum Gasteiger partial charge on any atom is -0.465 e. The molecule has 20 heavy (non-hydrogen) atoms. The van der Waals surface area contributed by atoms with Crippen LogP contribution in [0.25, 0.3) is 0 Å². The van der Waals surface area contributed by atoms with E-state index < -0.39 is 0 Å². The minimum atomic E-state index is -0.179. The summed E-state index contributed by atoms with van der Waals surface area (Å²) in [5, 5.41) is 9.40. The second kappa shape index (κ2) is 6.74. The summed E-state index contributed by atoms with van der Waals surface area (Å²) < 4.78 is 5.10. The minimum absolute atomic E-state index is 0.158. The lowest BCUT2D eigenvalue weighted by Gasteiger charge is -2.23. The van der Waals surface area contributed by atoms with Gasteiger partial charge in [-0.1, -0.05) is 17.7 Å². The number of halogens is 1. The zero-order valence-electron chi connectivity index (χ0n) is 11.4. The Morgan fingerprint density at radius 3 is 3.05 bits per heavy atom. The summed E-state index contributed by atoms with van der Waals surface area (Å²) in [7, 11) is 0. The van der Waals surface area contributed by atoms with Gasteiger partial charge in [0.1, 0.15) is 6.04 Å². The molecule has 1 fully saturated rings. The van der Waals surface area contributed by atoms with Crippen LogP contribution >= 0.6 is 11.6 Å². The number of benzene rings is 1. The van der Waals surface area contributed by atoms with Gasteiger partial charge in [-0.25, -0.2) is 0 Å². The fourth-order valence-electron chi connectivity index (χ4n) is 2.48. The molecule has 1 aliphatic rings. The number of rotatable bonds is 4. The molecule has 0 aliphatic carbocycles. The van der Waals surface area contributed by atoms with E-state index in [0.717, 1.165) is 24.9 Å². The summed E-state index contributed by atoms with van der Waals surface area (Å²) in [5.74, 6) is -0.158. The summed E-state index contributed by atoms with van der Waals surface area (Å²) in [4.78, 5) is 14.0. The zero-order chi connectivity index (χ0) is 14.5. The molecule has 1 aliphatic heterocycles. The lowest BCUT2D eigenvalue weighted by Crippen LogP contribution is -2.36. The Morgan fingerprint density at radius 1 is 1.60 bits per heavy atom. The van der Waals surface area contributed by atoms with Gasteiger partial charge in [0.05, 0.1) is 18.2 Å². The molecule has 0 N–H and O–H groups in total. The van der Waals surface area contributed by atoms with E-state index in [1.807, 2.05) is 13.0 Å². The summed E-state index contributed by atoms with van der Waals surface area (Å²) >= 11 is 6.18. The molecule has 0 aromatic heterocycles. The molecule has 1 aromatic rings. The Labute approximate surface area is 123 Å². The molecule has 5 heteroatoms. The van der Waals surface area contributed by atoms with Gasteiger partial charge in [-0.3, -0.25) is 9.69 Å². The highest BCUT2D eigenvalue weighted by Gasteiger charge is 2.31. The van der Waals surface area contributed by atoms with Crippen molar-refractivity contribution in [3.05, 3.63) is 34.3 Å². The van der Waals surface area contributed by atoms with Crippen LogP contribution in [0.4, 0.5) is 0 Å². The number of carbonyl (C=O) groups excluding carboxylic acids is 1. The highest BCUT2D eigenvalue weighted by molar-refractivity contribution is 6.31. The number of hydrogen-bond acceptors (Lipinski definition) is 4. The van der Waals surface area contributed by atoms with Crippen LogP contribution in [-0.2, 0) is 16.1 Å². The van der Waals surface area contributed by atoms with E-state index in [-0.39, 0.29) is 12.0 Å². The summed E-state index contributed by atoms with van der Waals surface area (Å²) in [6, 6.07) is 7.14. The van der Waals surface area contributed by atoms with E-state index >= 15 is 0 Å². The number of carbonyl (C=O) groups is 1. The van der Waals surface area contributed by atoms with Crippen LogP contribution in [0.5, 0.6) is 0 Å². The Kier molecular flexibility index (Phi) is 4.99. The SMILES string of the molecule is CCOC(=O)C1CCCN1Cc1ccc(C#N)cc1Cl. The van der Waals surface area contributed by atoms with Gasteiger partial charge in [0, 0.05) is 11.6 Å². The third kappa shape index (κ3) is 3.30. The van der Waals surface area contributed by atoms with Crippen molar-refractivity contribution in [1.82, 2.24) is 4.90 Å². The Balaban J connectivity index is 2.09. The highest BCUT2D eigenvalue weighted by atomic mass is 35.5. The number of likely N-dealkylation sites (tertiary alicyclic amines) is 1. The molecule has 1 saturated heterocycles. The second-order valence-corrected chi connectivity index (χ2v) is 5.21. The molecule has 106 valence electrons. The molecular weight excluding hydrogens is 276 g/mol. The molecule has 0 amide bonds. The van der Waals surface area contributed by atoms with Gasteiger partial charge in [0.15, 0.2) is 0 Å². The van der Waals surface area contributed by atoms with Crippen molar-refractivity contribution in [2.24, 2.45) is 0 Å². The fraction of sp³-hybridized carbons (Fsp3) is 0.467. The molecular formula is C15H17ClN2O2. The van der Waals surface area contributed by atoms with Gasteiger partial charge < -0.3 is 4.74 Å². The van der Waals surface area contributed by atoms with Crippen molar-refractivity contribution in [2.45, 2.75) is 32.4 Å². The quantitative estimate of drug-likeness (QED) is 0.801. The molecule has 0 saturated carbocycles. The van der Waals surface area contributed by atoms with E-state index in [4.69, 9.17) is 21.6 Å². The lowest BCUT2D eigenvalue weighted by atomic mass is 10.1. The molecule has 2 rings (SSSR count). The van der Waals surface area contributed by atoms with Crippen LogP contribution in [-0.4, -0.2) is 30.1 Å². The van der Waals surface area contributed by atoms with E-state index in [1.165, 1.54) is 0 Å². The zero-order valence-corrected chi connectivity index (χ0v) is 12.2. The van der Waals surface area contributed by atoms with Crippen molar-refractivity contribution >= 4 is 17.6 Å². The molecule has 0 radical (unpaired) electrons. The van der Waals surface area contributed by atoms with Gasteiger partial charge in [0.25, 0.3) is 0 Å². The standard InChI is InChI=1S/C15H17ClN2O2/c1-2-20-15(19)14-4-3-7-18(14)10-12-6-5-11(9-17)8-13(12)16/h5-6,8,14H,2-4,7,10H2,1H3. The molecule has 0 bridgehead atoms. The average molecular weight is 293 g/mol. The van der Waals surface area contributed by atoms with Crippen molar-refractivity contribution in [3.8, 4) is 6.07 Å². The monoisotopic (exact) mass is 292 g/mol. The van der Waals surface area contributed by atoms with Gasteiger partial charge in [0.2, 0.25) is 0 Å². The number of nitrogens with zero attached hydrogens (tertiary/aromatic N) is 2. The second-order valence-electron chi connectivity index (χ2n) is 4.80. The van der Waals surface area contributed by atoms with Crippen LogP contribution in [0.2, 0.25) is 5.02 Å². The largest absolute Gasteiger partial charge is 0.465 e. The maximum atomic E-state index is 11.9. The Hall–Kier alpha value is -1.57. The Morgan fingerprint density at radius 2 is 2.40 bits per heavy atom. The van der Waals surface area contributed by atoms with Gasteiger partial charge >= 0.3 is 5.97 Å². The first-order valence-electron chi connectivity index (χ1n) is 6.75. The lowest BCUT2D eigenvalue weighted by molar-refractivity contribution is -0.148. The topological polar surface area (TPSA) is 53.3 Å². The Bertz CT molecular complexity index is 539. The number of ether oxygens (including phenoxy) is 1. The molecule has 1 heterocycles. The predicted octanol–water partition coefficient (Wildman–Crippen LogP) is 2.74. The van der Waals surface area contributed by atoms with E-state index in [9.17, 15) is 4.79 Å². The number of nitriles is 1. The maximum absolute atomic E-state index is 11.9. The normalized spacial score (nSPS) is 18.8. The molecule has 4 nitrogen and oxygen atoms in total. The summed E-state index contributed by atoms with van der Waals surface area (Å²) in [6.07, 6.45) is 1.81. The van der Waals surface area contributed by atoms with Gasteiger partial charge in [-0.15, -0.1) is 0 Å². The molecule has 1 aromatic carbocycles. The molecule has 0 spiro atoms. The van der Waals surface area contributed by atoms with Crippen LogP contribution in [0.15, 0.2) is 18.2 Å². The van der Waals surface area contributed by atoms with E-state index in [1.54, 1.807) is 12.1 Å². The summed E-state index contributed by atoms with van der Waals surface area (Å²) in [6.45, 7) is 3.68. The van der Waals surface area contributed by atoms with Crippen molar-refractivity contribution in [3.63, 3.8) is 0 Å². The molecule has 1 atom stereocenters. The third-order valence-corrected chi connectivity index (χ3v) is 3.83. The number of esters is 1. The maximum Gasteiger partial charge on any atom is 0.323 e. The van der Waals surface area contributed by atoms with Crippen molar-refractivity contribution in [2.75, 3.05) is 13.2 Å². The average Bonchev–Trinajstić information content (AvgIpc) is 2.89. The third-order valence-electron chi connectivity index (χ3n) is 3.48. The van der Waals surface area contributed by atoms with Crippen molar-refractivity contribution in [1.29, 1.82) is 5.26 Å². The molecule has 1 unspecified atom stereocenters. The van der Waals surface area contributed by atoms with Crippen LogP contribution < -0.4 is 0 Å². The first-order chi connectivity index (χ1) is 9.65. The van der Waals surface area contributed by atoms with Gasteiger partial charge in [-0.2, -0.15) is 5.26 Å². The predicted molar refractivity (Wildman–Crippen MR) is 76.2 cm³/mol. The van der Waals surface area contributed by atoms with Gasteiger partial charge in [-0.05, 0) is 44.0 Å². The van der Waals surface area contributed by atoms with E-state index in [0.29, 0.717) is 23.7 Å². The van der Waals surface area contributed by atoms with Crippen LogP contribution in [0.3, 0.4) is 0 Å². The smallest absolute Gasteiger partial charge is 0.323 e. The first kappa shape index (κ1) is 14.8. The summed E-state index contributed by atoms with van der Waals surface area (Å²) in [5.41, 5.74) is 1.48. The van der Waals surface area contributed by atoms with Crippen LogP contribution in [0.1, 0.15) is 30.9 Å². The fourth-order valence-corrected chi connectivity index (χ4v) is 2.72. The number of hydrogen-bond donors (Lipinski definition) is 0. The highest BCUT2D eigenvalue weighted by Crippen LogP contribution is 2.25. The first-order valence-corrected chi connectivity index (χ1v) is 7.12. The van der Waals surface area contributed by atoms with E-state index in [2.05, 4.69) is 11.0 Å². The van der Waals surface area contributed by atoms with Crippen molar-refractivity contribution < 1.29 is 9.53 Å². The van der Waals surface area contributed by atoms with Crippen LogP contribution in [0, 0.1) is 11.3 Å².